The Morgan fingerprint density at radius 3 is 2.64 bits per heavy atom. The Balaban J connectivity index is 1.23. The fraction of sp³-hybridized carbons (Fsp3) is 1.00. The van der Waals surface area contributed by atoms with Crippen molar-refractivity contribution in [2.75, 3.05) is 18.8 Å². The second kappa shape index (κ2) is 7.82. The topological polar surface area (TPSA) is 64.8 Å². The predicted octanol–water partition coefficient (Wildman–Crippen LogP) is 2.99. The normalized spacial score (nSPS) is 44.3. The Morgan fingerprint density at radius 2 is 1.89 bits per heavy atom. The van der Waals surface area contributed by atoms with Crippen LogP contribution in [0.25, 0.3) is 0 Å². The molecule has 1 aliphatic carbocycles. The van der Waals surface area contributed by atoms with E-state index in [9.17, 15) is 8.42 Å². The first-order chi connectivity index (χ1) is 13.5. The number of nitrogens with one attached hydrogen (secondary N) is 1. The largest absolute Gasteiger partial charge is 0.298 e. The van der Waals surface area contributed by atoms with Gasteiger partial charge < -0.3 is 0 Å². The standard InChI is InChI=1S/C20H35N4O2S2/c1-14-11-15(13-16(12-14)22-28(25,26)19-5-4-10-27-19)17-6-7-18-20(24(18)21-17)23-8-2-3-9-23/h14-20,22H,2-13H2,1H3/q+1/t14-,15?,16?,17?,18?,19?,20?/m1/s1. The minimum atomic E-state index is -3.19. The van der Waals surface area contributed by atoms with Crippen LogP contribution in [0.2, 0.25) is 0 Å². The second-order valence-electron chi connectivity index (χ2n) is 9.74. The molecular weight excluding hydrogens is 392 g/mol. The average molecular weight is 428 g/mol. The Kier molecular flexibility index (Phi) is 5.52. The molecule has 28 heavy (non-hydrogen) atoms. The highest BCUT2D eigenvalue weighted by Gasteiger charge is 2.64. The van der Waals surface area contributed by atoms with Gasteiger partial charge in [-0.2, -0.15) is 0 Å². The third kappa shape index (κ3) is 3.91. The van der Waals surface area contributed by atoms with E-state index in [1.54, 1.807) is 11.8 Å². The van der Waals surface area contributed by atoms with Gasteiger partial charge in [0.1, 0.15) is 10.6 Å². The summed E-state index contributed by atoms with van der Waals surface area (Å²) >= 11 is 1.61. The number of likely N-dealkylation sites (tertiary alicyclic amines) is 1. The van der Waals surface area contributed by atoms with Gasteiger partial charge in [0.2, 0.25) is 10.0 Å². The van der Waals surface area contributed by atoms with Crippen LogP contribution in [0.3, 0.4) is 0 Å². The number of sulfonamides is 1. The van der Waals surface area contributed by atoms with E-state index in [4.69, 9.17) is 5.11 Å². The maximum Gasteiger partial charge on any atom is 0.298 e. The van der Waals surface area contributed by atoms with Crippen molar-refractivity contribution >= 4 is 21.8 Å². The van der Waals surface area contributed by atoms with Crippen LogP contribution in [0.1, 0.15) is 64.7 Å². The second-order valence-corrected chi connectivity index (χ2v) is 13.2. The molecule has 0 amide bonds. The molecule has 6 nitrogen and oxygen atoms in total. The number of fused-ring (bicyclic) bond motifs is 1. The van der Waals surface area contributed by atoms with Crippen LogP contribution in [0, 0.1) is 11.8 Å². The lowest BCUT2D eigenvalue weighted by Crippen LogP contribution is -2.45. The van der Waals surface area contributed by atoms with Gasteiger partial charge in [-0.1, -0.05) is 11.6 Å². The first-order valence-corrected chi connectivity index (χ1v) is 14.0. The third-order valence-corrected chi connectivity index (χ3v) is 11.4. The number of azo groups is 2. The molecule has 8 heteroatoms. The van der Waals surface area contributed by atoms with Crippen LogP contribution in [0.15, 0.2) is 5.11 Å². The van der Waals surface area contributed by atoms with Gasteiger partial charge >= 0.3 is 0 Å². The molecule has 4 aliphatic heterocycles. The van der Waals surface area contributed by atoms with Gasteiger partial charge in [0, 0.05) is 25.6 Å². The fourth-order valence-electron chi connectivity index (χ4n) is 6.17. The van der Waals surface area contributed by atoms with E-state index in [2.05, 4.69) is 21.2 Å². The van der Waals surface area contributed by atoms with E-state index >= 15 is 0 Å². The zero-order valence-electron chi connectivity index (χ0n) is 17.0. The first-order valence-electron chi connectivity index (χ1n) is 11.4. The van der Waals surface area contributed by atoms with Crippen LogP contribution in [0.5, 0.6) is 0 Å². The number of hydrogen-bond donors (Lipinski definition) is 1. The van der Waals surface area contributed by atoms with Crippen molar-refractivity contribution in [1.29, 1.82) is 0 Å². The molecule has 0 aromatic rings. The van der Waals surface area contributed by atoms with Crippen molar-refractivity contribution in [2.45, 2.75) is 93.6 Å². The number of thioether (sulfide) groups is 1. The zero-order valence-corrected chi connectivity index (χ0v) is 18.6. The molecule has 3 saturated heterocycles. The summed E-state index contributed by atoms with van der Waals surface area (Å²) in [6, 6.07) is 1.14. The van der Waals surface area contributed by atoms with Crippen LogP contribution in [-0.2, 0) is 10.0 Å². The highest BCUT2D eigenvalue weighted by atomic mass is 32.3. The highest BCUT2D eigenvalue weighted by molar-refractivity contribution is 8.13. The fourth-order valence-corrected chi connectivity index (χ4v) is 9.56. The van der Waals surface area contributed by atoms with E-state index in [0.717, 1.165) is 31.4 Å². The number of hydrogen-bond acceptors (Lipinski definition) is 5. The summed E-state index contributed by atoms with van der Waals surface area (Å²) in [5.74, 6) is 2.07. The lowest BCUT2D eigenvalue weighted by atomic mass is 9.75. The quantitative estimate of drug-likeness (QED) is 0.541. The van der Waals surface area contributed by atoms with Crippen LogP contribution in [0.4, 0.5) is 0 Å². The Morgan fingerprint density at radius 1 is 1.07 bits per heavy atom. The molecule has 0 aromatic carbocycles. The molecule has 1 saturated carbocycles. The smallest absolute Gasteiger partial charge is 0.238 e. The van der Waals surface area contributed by atoms with Crippen LogP contribution in [-0.4, -0.2) is 65.7 Å². The molecule has 0 aromatic heterocycles. The van der Waals surface area contributed by atoms with E-state index in [1.807, 2.05) is 0 Å². The van der Waals surface area contributed by atoms with Crippen molar-refractivity contribution in [3.05, 3.63) is 0 Å². The van der Waals surface area contributed by atoms with Gasteiger partial charge in [-0.3, -0.25) is 0 Å². The summed E-state index contributed by atoms with van der Waals surface area (Å²) in [6.45, 7) is 4.76. The molecule has 4 heterocycles. The average Bonchev–Trinajstić information content (AvgIpc) is 3.09. The summed E-state index contributed by atoms with van der Waals surface area (Å²) in [5, 5.41) is 5.16. The lowest BCUT2D eigenvalue weighted by molar-refractivity contribution is -0.486. The summed E-state index contributed by atoms with van der Waals surface area (Å²) < 4.78 is 30.8. The molecule has 0 radical (unpaired) electrons. The summed E-state index contributed by atoms with van der Waals surface area (Å²) in [4.78, 5) is 2.62. The molecule has 158 valence electrons. The molecule has 0 spiro atoms. The molecule has 0 bridgehead atoms. The first kappa shape index (κ1) is 19.8. The Hall–Kier alpha value is -0.180. The SMILES string of the molecule is C[C@H]1CC(NS(=O)(=O)C2CCCS2)CC(C2CCC3C(N4CCCC4)[N+]3=N2)C1. The van der Waals surface area contributed by atoms with Crippen molar-refractivity contribution in [3.8, 4) is 0 Å². The molecule has 7 atom stereocenters. The van der Waals surface area contributed by atoms with Crippen LogP contribution >= 0.6 is 11.8 Å². The monoisotopic (exact) mass is 427 g/mol. The van der Waals surface area contributed by atoms with E-state index in [-0.39, 0.29) is 10.6 Å². The van der Waals surface area contributed by atoms with Crippen molar-refractivity contribution in [3.63, 3.8) is 0 Å². The van der Waals surface area contributed by atoms with Crippen LogP contribution < -0.4 is 4.72 Å². The van der Waals surface area contributed by atoms with Gasteiger partial charge in [0.15, 0.2) is 0 Å². The van der Waals surface area contributed by atoms with Gasteiger partial charge in [-0.05, 0) is 74.1 Å². The number of rotatable bonds is 5. The Bertz CT molecular complexity index is 716. The molecular formula is C20H35N4O2S2+. The minimum absolute atomic E-state index is 0.0939. The van der Waals surface area contributed by atoms with Gasteiger partial charge in [-0.25, -0.2) is 18.0 Å². The minimum Gasteiger partial charge on any atom is -0.238 e. The van der Waals surface area contributed by atoms with Crippen molar-refractivity contribution < 1.29 is 13.1 Å². The predicted molar refractivity (Wildman–Crippen MR) is 112 cm³/mol. The van der Waals surface area contributed by atoms with E-state index in [1.165, 1.54) is 45.2 Å². The number of nitrogens with zero attached hydrogens (tertiary/aromatic N) is 3. The molecule has 1 N–H and O–H groups in total. The highest BCUT2D eigenvalue weighted by Crippen LogP contribution is 2.42. The molecule has 5 aliphatic rings. The van der Waals surface area contributed by atoms with Crippen molar-refractivity contribution in [1.82, 2.24) is 9.62 Å². The van der Waals surface area contributed by atoms with Gasteiger partial charge in [-0.15, -0.1) is 11.8 Å². The molecule has 6 unspecified atom stereocenters. The van der Waals surface area contributed by atoms with E-state index in [0.29, 0.717) is 30.1 Å². The van der Waals surface area contributed by atoms with Gasteiger partial charge in [0.05, 0.1) is 0 Å². The van der Waals surface area contributed by atoms with Crippen molar-refractivity contribution in [2.24, 2.45) is 17.0 Å². The van der Waals surface area contributed by atoms with Gasteiger partial charge in [0.25, 0.3) is 12.2 Å². The summed E-state index contributed by atoms with van der Waals surface area (Å²) in [6.07, 6.45) is 10.6. The maximum absolute atomic E-state index is 12.8. The zero-order chi connectivity index (χ0) is 19.3. The lowest BCUT2D eigenvalue weighted by Gasteiger charge is -2.36. The summed E-state index contributed by atoms with van der Waals surface area (Å²) in [5.41, 5.74) is 0. The third-order valence-electron chi connectivity index (χ3n) is 7.51. The maximum atomic E-state index is 12.8. The Labute approximate surface area is 173 Å². The summed E-state index contributed by atoms with van der Waals surface area (Å²) in [7, 11) is -3.19. The molecule has 4 fully saturated rings. The van der Waals surface area contributed by atoms with E-state index < -0.39 is 10.0 Å². The molecule has 5 rings (SSSR count).